The molecule has 2 fully saturated rings. The predicted molar refractivity (Wildman–Crippen MR) is 256 cm³/mol. The van der Waals surface area contributed by atoms with Crippen LogP contribution >= 0.6 is 11.9 Å². The highest BCUT2D eigenvalue weighted by Gasteiger charge is 2.35. The van der Waals surface area contributed by atoms with Crippen LogP contribution in [0, 0.1) is 0 Å². The number of rotatable bonds is 17. The van der Waals surface area contributed by atoms with Crippen LogP contribution in [-0.4, -0.2) is 124 Å². The fourth-order valence-electron chi connectivity index (χ4n) is 8.58. The molecule has 3 amide bonds. The van der Waals surface area contributed by atoms with Gasteiger partial charge in [0.25, 0.3) is 5.88 Å². The molecule has 17 nitrogen and oxygen atoms in total. The van der Waals surface area contributed by atoms with E-state index >= 15 is 0 Å². The molecule has 3 aromatic carbocycles. The molecule has 66 heavy (non-hydrogen) atoms. The number of carbonyl (C=O) groups is 5. The third-order valence-electron chi connectivity index (χ3n) is 11.8. The van der Waals surface area contributed by atoms with Gasteiger partial charge in [-0.1, -0.05) is 42.3 Å². The average Bonchev–Trinajstić information content (AvgIpc) is 3.91. The van der Waals surface area contributed by atoms with Crippen molar-refractivity contribution in [2.45, 2.75) is 81.5 Å². The molecule has 0 spiro atoms. The number of aryl methyl sites for hydroxylation is 1. The number of aromatic nitrogens is 3. The first-order chi connectivity index (χ1) is 32.0. The van der Waals surface area contributed by atoms with Gasteiger partial charge in [0.1, 0.15) is 12.9 Å². The van der Waals surface area contributed by atoms with Gasteiger partial charge < -0.3 is 45.0 Å². The summed E-state index contributed by atoms with van der Waals surface area (Å²) in [6.45, 7) is 6.46. The second-order valence-electron chi connectivity index (χ2n) is 16.5. The van der Waals surface area contributed by atoms with Gasteiger partial charge >= 0.3 is 6.03 Å². The average molecular weight is 927 g/mol. The lowest BCUT2D eigenvalue weighted by Crippen LogP contribution is -2.49. The number of likely N-dealkylation sites (N-methyl/N-ethyl adjacent to an activating group) is 1. The Bertz CT molecular complexity index is 2410. The minimum atomic E-state index is -0.500. The van der Waals surface area contributed by atoms with Gasteiger partial charge in [-0.25, -0.2) is 9.10 Å². The molecular formula is C48H62N8O9S. The van der Waals surface area contributed by atoms with Crippen molar-refractivity contribution in [2.75, 3.05) is 58.1 Å². The van der Waals surface area contributed by atoms with Crippen LogP contribution < -0.4 is 20.7 Å². The molecule has 0 radical (unpaired) electrons. The summed E-state index contributed by atoms with van der Waals surface area (Å²) < 4.78 is 15.1. The quantitative estimate of drug-likeness (QED) is 0.0493. The number of oxazole rings is 1. The zero-order valence-corrected chi connectivity index (χ0v) is 39.3. The number of amides is 3. The molecule has 0 aliphatic carbocycles. The zero-order valence-electron chi connectivity index (χ0n) is 38.5. The summed E-state index contributed by atoms with van der Waals surface area (Å²) in [6, 6.07) is 22.2. The lowest BCUT2D eigenvalue weighted by atomic mass is 9.88. The van der Waals surface area contributed by atoms with Crippen LogP contribution in [-0.2, 0) is 27.2 Å². The van der Waals surface area contributed by atoms with Crippen molar-refractivity contribution >= 4 is 65.0 Å². The van der Waals surface area contributed by atoms with Crippen molar-refractivity contribution in [1.29, 1.82) is 0 Å². The Labute approximate surface area is 389 Å². The summed E-state index contributed by atoms with van der Waals surface area (Å²) in [5.41, 5.74) is 6.22. The van der Waals surface area contributed by atoms with Crippen LogP contribution in [0.4, 0.5) is 16.2 Å². The van der Waals surface area contributed by atoms with Crippen LogP contribution in [0.1, 0.15) is 91.6 Å². The minimum Gasteiger partial charge on any atom is -0.467 e. The van der Waals surface area contributed by atoms with Crippen LogP contribution in [0.2, 0.25) is 0 Å². The van der Waals surface area contributed by atoms with Crippen molar-refractivity contribution < 1.29 is 43.3 Å². The number of urea groups is 1. The standard InChI is InChI=1S/C46H54N8O7S.2CH4O/c1-46(2)27-36(48-35-11-6-9-33(25-35)43-50-44(60-23-22-56)40(28-57)61-43)17-20-54(46)62-29-30-8-5-10-34(24-30)49-45(59)53-18-15-31(16-19-53)32-13-14-37-39(26-32)52(4)51-41(37)38(12-7-21-55)42(58)47-3;2*1-2/h5-6,8-11,13-14,21-22,24-26,28,31,36,38,48H,7,12,15-20,23,27,29H2,1-4H3,(H,47,58)(H,49,59);2*2H,1H3. The molecule has 2 atom stereocenters. The van der Waals surface area contributed by atoms with E-state index in [1.54, 1.807) is 19.0 Å². The van der Waals surface area contributed by atoms with Gasteiger partial charge in [0.05, 0.1) is 17.1 Å². The normalized spacial score (nSPS) is 16.4. The first-order valence-electron chi connectivity index (χ1n) is 22.0. The van der Waals surface area contributed by atoms with Crippen molar-refractivity contribution in [2.24, 2.45) is 7.05 Å². The zero-order chi connectivity index (χ0) is 47.8. The van der Waals surface area contributed by atoms with E-state index in [2.05, 4.69) is 63.4 Å². The van der Waals surface area contributed by atoms with Crippen molar-refractivity contribution in [3.05, 3.63) is 89.3 Å². The molecule has 0 saturated carbocycles. The molecule has 354 valence electrons. The smallest absolute Gasteiger partial charge is 0.321 e. The highest BCUT2D eigenvalue weighted by molar-refractivity contribution is 7.96. The first kappa shape index (κ1) is 50.9. The summed E-state index contributed by atoms with van der Waals surface area (Å²) in [5, 5.41) is 29.2. The molecular weight excluding hydrogens is 865 g/mol. The van der Waals surface area contributed by atoms with E-state index in [9.17, 15) is 24.0 Å². The number of hydrogen-bond donors (Lipinski definition) is 5. The minimum absolute atomic E-state index is 0.00587. The monoisotopic (exact) mass is 926 g/mol. The predicted octanol–water partition coefficient (Wildman–Crippen LogP) is 6.56. The number of aliphatic hydroxyl groups is 2. The molecule has 4 heterocycles. The van der Waals surface area contributed by atoms with Gasteiger partial charge in [0, 0.05) is 94.0 Å². The number of fused-ring (bicyclic) bond motifs is 1. The molecule has 7 rings (SSSR count). The third kappa shape index (κ3) is 12.6. The highest BCUT2D eigenvalue weighted by atomic mass is 32.2. The van der Waals surface area contributed by atoms with Crippen LogP contribution in [0.15, 0.2) is 71.1 Å². The Morgan fingerprint density at radius 2 is 1.70 bits per heavy atom. The number of hydrogen-bond acceptors (Lipinski definition) is 14. The van der Waals surface area contributed by atoms with Gasteiger partial charge in [0.2, 0.25) is 17.6 Å². The molecule has 2 aliphatic heterocycles. The van der Waals surface area contributed by atoms with Gasteiger partial charge in [-0.3, -0.25) is 19.1 Å². The Morgan fingerprint density at radius 3 is 2.39 bits per heavy atom. The maximum Gasteiger partial charge on any atom is 0.321 e. The van der Waals surface area contributed by atoms with Crippen molar-refractivity contribution in [1.82, 2.24) is 29.3 Å². The molecule has 0 bridgehead atoms. The Hall–Kier alpha value is -6.08. The summed E-state index contributed by atoms with van der Waals surface area (Å²) in [7, 11) is 5.48. The highest BCUT2D eigenvalue weighted by Crippen LogP contribution is 2.38. The summed E-state index contributed by atoms with van der Waals surface area (Å²) >= 11 is 1.80. The topological polar surface area (TPSA) is 221 Å². The number of likely N-dealkylation sites (tertiary alicyclic amines) is 1. The van der Waals surface area contributed by atoms with Crippen LogP contribution in [0.5, 0.6) is 5.88 Å². The number of nitrogens with zero attached hydrogens (tertiary/aromatic N) is 5. The number of benzene rings is 3. The maximum absolute atomic E-state index is 13.5. The van der Waals surface area contributed by atoms with E-state index in [1.807, 2.05) is 59.1 Å². The molecule has 5 N–H and O–H groups in total. The first-order valence-corrected chi connectivity index (χ1v) is 22.9. The van der Waals surface area contributed by atoms with Crippen molar-refractivity contribution in [3.63, 3.8) is 0 Å². The lowest BCUT2D eigenvalue weighted by molar-refractivity contribution is -0.122. The Balaban J connectivity index is 0.00000199. The van der Waals surface area contributed by atoms with E-state index in [0.29, 0.717) is 43.3 Å². The lowest BCUT2D eigenvalue weighted by Gasteiger charge is -2.45. The van der Waals surface area contributed by atoms with E-state index in [1.165, 1.54) is 5.56 Å². The van der Waals surface area contributed by atoms with Crippen molar-refractivity contribution in [3.8, 4) is 17.3 Å². The fourth-order valence-corrected chi connectivity index (χ4v) is 9.72. The van der Waals surface area contributed by atoms with E-state index in [4.69, 9.17) is 24.5 Å². The van der Waals surface area contributed by atoms with E-state index in [-0.39, 0.29) is 60.0 Å². The summed E-state index contributed by atoms with van der Waals surface area (Å²) in [5.74, 6) is 0.578. The van der Waals surface area contributed by atoms with Crippen LogP contribution in [0.3, 0.4) is 0 Å². The number of aliphatic hydroxyl groups excluding tert-OH is 2. The number of anilines is 2. The number of nitrogens with one attached hydrogen (secondary N) is 3. The fraction of sp³-hybridized carbons (Fsp3) is 0.438. The SMILES string of the molecule is CNC(=O)C(CCC=O)c1nn(C)c2cc(C3CCN(C(=O)Nc4cccc(CSN5CCC(Nc6cccc(-c7nc(OCC=O)c(C=O)o7)c6)CC5(C)C)c4)CC3)ccc12.CO.CO. The van der Waals surface area contributed by atoms with E-state index < -0.39 is 5.92 Å². The molecule has 2 unspecified atom stereocenters. The number of aldehydes is 3. The second kappa shape index (κ2) is 24.4. The molecule has 2 saturated heterocycles. The van der Waals surface area contributed by atoms with E-state index in [0.717, 1.165) is 86.3 Å². The molecule has 5 aromatic rings. The number of ether oxygens (including phenoxy) is 1. The second-order valence-corrected chi connectivity index (χ2v) is 17.5. The molecule has 2 aliphatic rings. The summed E-state index contributed by atoms with van der Waals surface area (Å²) in [6.07, 6.45) is 6.15. The number of carbonyl (C=O) groups excluding carboxylic acids is 5. The van der Waals surface area contributed by atoms with Gasteiger partial charge in [0.15, 0.2) is 12.6 Å². The summed E-state index contributed by atoms with van der Waals surface area (Å²) in [4.78, 5) is 65.6. The third-order valence-corrected chi connectivity index (χ3v) is 13.2. The Morgan fingerprint density at radius 1 is 0.955 bits per heavy atom. The maximum atomic E-state index is 13.5. The molecule has 2 aromatic heterocycles. The van der Waals surface area contributed by atoms with Gasteiger partial charge in [-0.15, -0.1) is 0 Å². The molecule has 18 heteroatoms. The largest absolute Gasteiger partial charge is 0.467 e. The van der Waals surface area contributed by atoms with Gasteiger partial charge in [-0.2, -0.15) is 10.1 Å². The Kier molecular flexibility index (Phi) is 18.9. The van der Waals surface area contributed by atoms with Gasteiger partial charge in [-0.05, 0) is 99.4 Å². The van der Waals surface area contributed by atoms with Crippen LogP contribution in [0.25, 0.3) is 22.4 Å². The number of piperidine rings is 2.